The highest BCUT2D eigenvalue weighted by molar-refractivity contribution is 7.47. The first-order valence-corrected chi connectivity index (χ1v) is 16.9. The van der Waals surface area contributed by atoms with Gasteiger partial charge in [-0.15, -0.1) is 0 Å². The molecule has 7 atom stereocenters. The number of phosphoric ester groups is 1. The lowest BCUT2D eigenvalue weighted by Gasteiger charge is -2.36. The van der Waals surface area contributed by atoms with Gasteiger partial charge >= 0.3 is 19.8 Å². The highest BCUT2D eigenvalue weighted by Gasteiger charge is 2.35. The molecule has 4 N–H and O–H groups in total. The standard InChI is InChI=1S/C30H54NO12P/c1-6-7-10-13-24(33)16-17-28-26(27(34)20-30(36)43-28)14-11-8-9-12-15-29(35)39-21-25(42-23(2)32)22-41-44(37,38)40-19-18-31(3,4)5/h8,11,16-17,24-28,30,33-34,36H,6-7,9-10,12-15,18-22H2,1-5H3/p+1/b11-8-,17-16+/t24-,25+,26-,27-,28+,30?/m0/s1. The van der Waals surface area contributed by atoms with Crippen molar-refractivity contribution in [3.8, 4) is 0 Å². The molecule has 0 bridgehead atoms. The number of aliphatic hydroxyl groups excluding tert-OH is 3. The van der Waals surface area contributed by atoms with Crippen molar-refractivity contribution in [2.75, 3.05) is 47.5 Å². The molecule has 0 aliphatic carbocycles. The predicted octanol–water partition coefficient (Wildman–Crippen LogP) is 3.00. The summed E-state index contributed by atoms with van der Waals surface area (Å²) in [6.07, 6.45) is 8.45. The molecule has 0 aromatic rings. The zero-order valence-corrected chi connectivity index (χ0v) is 27.8. The molecule has 1 rings (SSSR count). The number of likely N-dealkylation sites (N-methyl/N-ethyl adjacent to an activating group) is 1. The van der Waals surface area contributed by atoms with Gasteiger partial charge in [-0.1, -0.05) is 50.5 Å². The monoisotopic (exact) mass is 652 g/mol. The van der Waals surface area contributed by atoms with Crippen LogP contribution in [0.1, 0.15) is 71.6 Å². The normalized spacial score (nSPS) is 23.8. The van der Waals surface area contributed by atoms with Crippen molar-refractivity contribution in [2.24, 2.45) is 5.92 Å². The van der Waals surface area contributed by atoms with Crippen LogP contribution in [0.25, 0.3) is 0 Å². The number of hydrogen-bond acceptors (Lipinski definition) is 11. The van der Waals surface area contributed by atoms with Gasteiger partial charge in [0.2, 0.25) is 0 Å². The highest BCUT2D eigenvalue weighted by Crippen LogP contribution is 2.43. The van der Waals surface area contributed by atoms with Crippen molar-refractivity contribution in [1.82, 2.24) is 0 Å². The molecule has 0 amide bonds. The smallest absolute Gasteiger partial charge is 0.462 e. The SMILES string of the molecule is CCCCC[C@H](O)/C=C/[C@H]1OC(O)C[C@H](O)[C@@H]1C/C=C\CCCC(=O)OC[C@H](COP(=O)(O)OCC[N+](C)(C)C)OC(C)=O. The van der Waals surface area contributed by atoms with Crippen LogP contribution in [0.2, 0.25) is 0 Å². The number of hydrogen-bond donors (Lipinski definition) is 4. The van der Waals surface area contributed by atoms with E-state index in [2.05, 4.69) is 6.92 Å². The Bertz CT molecular complexity index is 937. The Hall–Kier alpha value is -1.67. The molecule has 2 unspecified atom stereocenters. The summed E-state index contributed by atoms with van der Waals surface area (Å²) >= 11 is 0. The molecule has 1 fully saturated rings. The summed E-state index contributed by atoms with van der Waals surface area (Å²) in [5.74, 6) is -1.49. The van der Waals surface area contributed by atoms with E-state index < -0.39 is 57.1 Å². The van der Waals surface area contributed by atoms with Crippen LogP contribution in [0, 0.1) is 5.92 Å². The van der Waals surface area contributed by atoms with E-state index in [9.17, 15) is 34.4 Å². The van der Waals surface area contributed by atoms with Crippen molar-refractivity contribution in [2.45, 2.75) is 102 Å². The Balaban J connectivity index is 2.46. The summed E-state index contributed by atoms with van der Waals surface area (Å²) in [5.41, 5.74) is 0. The third kappa shape index (κ3) is 19.7. The lowest BCUT2D eigenvalue weighted by atomic mass is 9.87. The molecule has 0 saturated carbocycles. The van der Waals surface area contributed by atoms with Gasteiger partial charge in [-0.25, -0.2) is 4.57 Å². The minimum absolute atomic E-state index is 0.0158. The number of carbonyl (C=O) groups is 2. The molecule has 0 aromatic heterocycles. The van der Waals surface area contributed by atoms with Crippen LogP contribution in [-0.4, -0.2) is 115 Å². The molecule has 0 spiro atoms. The molecule has 0 aromatic carbocycles. The molecule has 1 heterocycles. The topological polar surface area (TPSA) is 178 Å². The largest absolute Gasteiger partial charge is 0.472 e. The van der Waals surface area contributed by atoms with E-state index in [0.717, 1.165) is 26.2 Å². The van der Waals surface area contributed by atoms with Gasteiger partial charge in [-0.2, -0.15) is 0 Å². The van der Waals surface area contributed by atoms with E-state index in [4.69, 9.17) is 23.3 Å². The van der Waals surface area contributed by atoms with Crippen LogP contribution in [0.15, 0.2) is 24.3 Å². The minimum Gasteiger partial charge on any atom is -0.462 e. The zero-order chi connectivity index (χ0) is 33.2. The number of unbranched alkanes of at least 4 members (excludes halogenated alkanes) is 3. The quantitative estimate of drug-likeness (QED) is 0.0443. The first-order valence-electron chi connectivity index (χ1n) is 15.4. The van der Waals surface area contributed by atoms with Gasteiger partial charge in [0.15, 0.2) is 12.4 Å². The Kier molecular flexibility index (Phi) is 19.4. The molecule has 13 nitrogen and oxygen atoms in total. The summed E-state index contributed by atoms with van der Waals surface area (Å²) < 4.78 is 38.3. The Morgan fingerprint density at radius 2 is 1.82 bits per heavy atom. The van der Waals surface area contributed by atoms with Crippen LogP contribution in [-0.2, 0) is 37.4 Å². The number of esters is 2. The minimum atomic E-state index is -4.39. The van der Waals surface area contributed by atoms with Gasteiger partial charge in [-0.05, 0) is 25.7 Å². The second kappa shape index (κ2) is 21.2. The number of rotatable bonds is 22. The number of ether oxygens (including phenoxy) is 3. The molecule has 1 aliphatic heterocycles. The molecule has 44 heavy (non-hydrogen) atoms. The van der Waals surface area contributed by atoms with E-state index in [1.807, 2.05) is 33.3 Å². The molecule has 1 aliphatic rings. The van der Waals surface area contributed by atoms with Gasteiger partial charge in [0, 0.05) is 25.7 Å². The maximum absolute atomic E-state index is 12.2. The molecule has 0 radical (unpaired) electrons. The third-order valence-corrected chi connectivity index (χ3v) is 7.81. The predicted molar refractivity (Wildman–Crippen MR) is 163 cm³/mol. The maximum atomic E-state index is 12.2. The number of aliphatic hydroxyl groups is 3. The molecule has 14 heteroatoms. The molecule has 1 saturated heterocycles. The number of carbonyl (C=O) groups excluding carboxylic acids is 2. The first-order chi connectivity index (χ1) is 20.6. The van der Waals surface area contributed by atoms with Gasteiger partial charge in [-0.3, -0.25) is 18.6 Å². The summed E-state index contributed by atoms with van der Waals surface area (Å²) in [5, 5.41) is 30.6. The fourth-order valence-corrected chi connectivity index (χ4v) is 5.09. The lowest BCUT2D eigenvalue weighted by Crippen LogP contribution is -2.43. The second-order valence-electron chi connectivity index (χ2n) is 12.1. The van der Waals surface area contributed by atoms with Gasteiger partial charge in [0.1, 0.15) is 19.8 Å². The fraction of sp³-hybridized carbons (Fsp3) is 0.800. The van der Waals surface area contributed by atoms with E-state index in [0.29, 0.717) is 36.7 Å². The number of phosphoric acid groups is 1. The third-order valence-electron chi connectivity index (χ3n) is 6.83. The van der Waals surface area contributed by atoms with E-state index in [1.54, 1.807) is 12.2 Å². The lowest BCUT2D eigenvalue weighted by molar-refractivity contribution is -0.870. The van der Waals surface area contributed by atoms with Crippen molar-refractivity contribution in [3.63, 3.8) is 0 Å². The van der Waals surface area contributed by atoms with Crippen molar-refractivity contribution >= 4 is 19.8 Å². The molecular weight excluding hydrogens is 597 g/mol. The second-order valence-corrected chi connectivity index (χ2v) is 13.5. The Labute approximate surface area is 262 Å². The van der Waals surface area contributed by atoms with Crippen LogP contribution >= 0.6 is 7.82 Å². The zero-order valence-electron chi connectivity index (χ0n) is 26.9. The fourth-order valence-electron chi connectivity index (χ4n) is 4.34. The van der Waals surface area contributed by atoms with Gasteiger partial charge < -0.3 is 38.9 Å². The van der Waals surface area contributed by atoms with Crippen LogP contribution < -0.4 is 0 Å². The molecular formula is C30H55NO12P+. The van der Waals surface area contributed by atoms with E-state index in [1.165, 1.54) is 0 Å². The Morgan fingerprint density at radius 3 is 2.48 bits per heavy atom. The average molecular weight is 653 g/mol. The van der Waals surface area contributed by atoms with Crippen LogP contribution in [0.3, 0.4) is 0 Å². The summed E-state index contributed by atoms with van der Waals surface area (Å²) in [6.45, 7) is 2.87. The van der Waals surface area contributed by atoms with Gasteiger partial charge in [0.25, 0.3) is 0 Å². The van der Waals surface area contributed by atoms with Crippen LogP contribution in [0.4, 0.5) is 0 Å². The number of quaternary nitrogens is 1. The summed E-state index contributed by atoms with van der Waals surface area (Å²) in [7, 11) is 1.31. The van der Waals surface area contributed by atoms with Crippen LogP contribution in [0.5, 0.6) is 0 Å². The Morgan fingerprint density at radius 1 is 1.09 bits per heavy atom. The van der Waals surface area contributed by atoms with Gasteiger partial charge in [0.05, 0.1) is 46.1 Å². The number of nitrogens with zero attached hydrogens (tertiary/aromatic N) is 1. The van der Waals surface area contributed by atoms with Crippen molar-refractivity contribution < 1.29 is 62.1 Å². The van der Waals surface area contributed by atoms with Crippen molar-refractivity contribution in [1.29, 1.82) is 0 Å². The average Bonchev–Trinajstić information content (AvgIpc) is 2.91. The van der Waals surface area contributed by atoms with E-state index >= 15 is 0 Å². The van der Waals surface area contributed by atoms with Crippen molar-refractivity contribution in [3.05, 3.63) is 24.3 Å². The highest BCUT2D eigenvalue weighted by atomic mass is 31.2. The summed E-state index contributed by atoms with van der Waals surface area (Å²) in [4.78, 5) is 33.5. The molecule has 256 valence electrons. The summed E-state index contributed by atoms with van der Waals surface area (Å²) in [6, 6.07) is 0. The number of allylic oxidation sites excluding steroid dienone is 2. The van der Waals surface area contributed by atoms with E-state index in [-0.39, 0.29) is 32.0 Å². The maximum Gasteiger partial charge on any atom is 0.472 e. The first kappa shape index (κ1) is 40.4.